The molecule has 1 aromatic carbocycles. The van der Waals surface area contributed by atoms with Crippen LogP contribution in [0.1, 0.15) is 31.5 Å². The molecule has 1 unspecified atom stereocenters. The van der Waals surface area contributed by atoms with Crippen LogP contribution in [-0.4, -0.2) is 45.6 Å². The Bertz CT molecular complexity index is 677. The van der Waals surface area contributed by atoms with Crippen LogP contribution in [0.2, 0.25) is 0 Å². The Morgan fingerprint density at radius 2 is 2.23 bits per heavy atom. The predicted molar refractivity (Wildman–Crippen MR) is 81.3 cm³/mol. The normalized spacial score (nSPS) is 18.6. The van der Waals surface area contributed by atoms with E-state index in [4.69, 9.17) is 5.11 Å². The highest BCUT2D eigenvalue weighted by Crippen LogP contribution is 2.28. The fraction of sp³-hybridized carbons (Fsp3) is 0.500. The number of carboxylic acid groups (broad SMARTS) is 1. The largest absolute Gasteiger partial charge is 0.481 e. The number of halogens is 1. The van der Waals surface area contributed by atoms with Gasteiger partial charge in [-0.25, -0.2) is 9.37 Å². The van der Waals surface area contributed by atoms with E-state index in [-0.39, 0.29) is 11.7 Å². The van der Waals surface area contributed by atoms with Crippen molar-refractivity contribution in [3.8, 4) is 0 Å². The fourth-order valence-electron chi connectivity index (χ4n) is 3.05. The maximum absolute atomic E-state index is 13.2. The summed E-state index contributed by atoms with van der Waals surface area (Å²) >= 11 is 0. The van der Waals surface area contributed by atoms with Crippen LogP contribution in [0, 0.1) is 11.7 Å². The first-order valence-electron chi connectivity index (χ1n) is 7.63. The topological polar surface area (TPSA) is 69.2 Å². The number of fused-ring (bicyclic) bond motifs is 1. The number of hydrogen-bond donors (Lipinski definition) is 2. The minimum Gasteiger partial charge on any atom is -0.481 e. The van der Waals surface area contributed by atoms with Crippen LogP contribution < -0.4 is 0 Å². The molecule has 3 rings (SSSR count). The molecule has 5 nitrogen and oxygen atoms in total. The molecule has 0 amide bonds. The lowest BCUT2D eigenvalue weighted by Crippen LogP contribution is -2.37. The summed E-state index contributed by atoms with van der Waals surface area (Å²) in [5.41, 5.74) is 1.52. The SMILES string of the molecule is CC(CN1CCC(c2nc3ccc(F)cc3[nH]2)CC1)C(=O)O. The summed E-state index contributed by atoms with van der Waals surface area (Å²) in [5.74, 6) is -0.120. The van der Waals surface area contributed by atoms with E-state index in [2.05, 4.69) is 14.9 Å². The van der Waals surface area contributed by atoms with E-state index in [1.54, 1.807) is 13.0 Å². The number of benzene rings is 1. The Hall–Kier alpha value is -1.95. The van der Waals surface area contributed by atoms with E-state index in [1.807, 2.05) is 0 Å². The molecule has 2 N–H and O–H groups in total. The first kappa shape index (κ1) is 15.0. The molecule has 0 bridgehead atoms. The van der Waals surface area contributed by atoms with E-state index in [0.717, 1.165) is 42.8 Å². The lowest BCUT2D eigenvalue weighted by Gasteiger charge is -2.31. The van der Waals surface area contributed by atoms with Crippen LogP contribution in [0.5, 0.6) is 0 Å². The average Bonchev–Trinajstić information content (AvgIpc) is 2.90. The number of imidazole rings is 1. The Balaban J connectivity index is 1.64. The summed E-state index contributed by atoms with van der Waals surface area (Å²) in [6.45, 7) is 4.07. The molecule has 118 valence electrons. The molecule has 1 aliphatic heterocycles. The molecule has 6 heteroatoms. The minimum absolute atomic E-state index is 0.264. The van der Waals surface area contributed by atoms with Crippen molar-refractivity contribution in [2.45, 2.75) is 25.7 Å². The molecule has 1 atom stereocenters. The summed E-state index contributed by atoms with van der Waals surface area (Å²) < 4.78 is 13.2. The molecule has 1 aromatic heterocycles. The van der Waals surface area contributed by atoms with Gasteiger partial charge in [-0.05, 0) is 44.1 Å². The van der Waals surface area contributed by atoms with Crippen molar-refractivity contribution in [1.82, 2.24) is 14.9 Å². The molecular weight excluding hydrogens is 285 g/mol. The van der Waals surface area contributed by atoms with Gasteiger partial charge >= 0.3 is 5.97 Å². The predicted octanol–water partition coefficient (Wildman–Crippen LogP) is 2.60. The van der Waals surface area contributed by atoms with Gasteiger partial charge in [0.1, 0.15) is 11.6 Å². The number of piperidine rings is 1. The van der Waals surface area contributed by atoms with Crippen LogP contribution >= 0.6 is 0 Å². The van der Waals surface area contributed by atoms with Gasteiger partial charge in [-0.1, -0.05) is 6.92 Å². The number of aliphatic carboxylic acids is 1. The minimum atomic E-state index is -0.749. The summed E-state index contributed by atoms with van der Waals surface area (Å²) in [6, 6.07) is 4.58. The van der Waals surface area contributed by atoms with E-state index < -0.39 is 5.97 Å². The number of nitrogens with zero attached hydrogens (tertiary/aromatic N) is 2. The van der Waals surface area contributed by atoms with Crippen molar-refractivity contribution in [1.29, 1.82) is 0 Å². The monoisotopic (exact) mass is 305 g/mol. The van der Waals surface area contributed by atoms with Crippen LogP contribution in [0.25, 0.3) is 11.0 Å². The van der Waals surface area contributed by atoms with Gasteiger partial charge in [-0.2, -0.15) is 0 Å². The van der Waals surface area contributed by atoms with Gasteiger partial charge in [0.2, 0.25) is 0 Å². The van der Waals surface area contributed by atoms with Crippen LogP contribution in [0.15, 0.2) is 18.2 Å². The molecule has 2 aromatic rings. The van der Waals surface area contributed by atoms with Crippen molar-refractivity contribution in [3.05, 3.63) is 29.8 Å². The molecule has 1 fully saturated rings. The third-order valence-electron chi connectivity index (χ3n) is 4.39. The zero-order valence-electron chi connectivity index (χ0n) is 12.6. The van der Waals surface area contributed by atoms with Gasteiger partial charge in [0.25, 0.3) is 0 Å². The first-order chi connectivity index (χ1) is 10.5. The summed E-state index contributed by atoms with van der Waals surface area (Å²) in [5, 5.41) is 8.97. The lowest BCUT2D eigenvalue weighted by molar-refractivity contribution is -0.141. The van der Waals surface area contributed by atoms with Crippen molar-refractivity contribution in [2.75, 3.05) is 19.6 Å². The van der Waals surface area contributed by atoms with Crippen molar-refractivity contribution in [3.63, 3.8) is 0 Å². The van der Waals surface area contributed by atoms with Gasteiger partial charge in [-0.3, -0.25) is 4.79 Å². The number of nitrogens with one attached hydrogen (secondary N) is 1. The second kappa shape index (κ2) is 6.04. The number of hydrogen-bond acceptors (Lipinski definition) is 3. The third-order valence-corrected chi connectivity index (χ3v) is 4.39. The highest BCUT2D eigenvalue weighted by molar-refractivity contribution is 5.75. The lowest BCUT2D eigenvalue weighted by atomic mass is 9.95. The molecule has 0 aliphatic carbocycles. The zero-order valence-corrected chi connectivity index (χ0v) is 12.6. The molecule has 1 aliphatic rings. The van der Waals surface area contributed by atoms with Crippen molar-refractivity contribution < 1.29 is 14.3 Å². The number of aromatic amines is 1. The van der Waals surface area contributed by atoms with Crippen LogP contribution in [0.4, 0.5) is 4.39 Å². The Morgan fingerprint density at radius 3 is 2.91 bits per heavy atom. The van der Waals surface area contributed by atoms with E-state index >= 15 is 0 Å². The molecular formula is C16H20FN3O2. The van der Waals surface area contributed by atoms with E-state index in [1.165, 1.54) is 12.1 Å². The molecule has 22 heavy (non-hydrogen) atoms. The van der Waals surface area contributed by atoms with Gasteiger partial charge in [0.15, 0.2) is 0 Å². The standard InChI is InChI=1S/C16H20FN3O2/c1-10(16(21)22)9-20-6-4-11(5-7-20)15-18-13-3-2-12(17)8-14(13)19-15/h2-3,8,10-11H,4-7,9H2,1H3,(H,18,19)(H,21,22). The van der Waals surface area contributed by atoms with Crippen molar-refractivity contribution in [2.24, 2.45) is 5.92 Å². The second-order valence-electron chi connectivity index (χ2n) is 6.10. The Labute approximate surface area is 128 Å². The second-order valence-corrected chi connectivity index (χ2v) is 6.10. The summed E-state index contributed by atoms with van der Waals surface area (Å²) in [7, 11) is 0. The maximum atomic E-state index is 13.2. The fourth-order valence-corrected chi connectivity index (χ4v) is 3.05. The number of carbonyl (C=O) groups is 1. The average molecular weight is 305 g/mol. The number of H-pyrrole nitrogens is 1. The van der Waals surface area contributed by atoms with Crippen LogP contribution in [-0.2, 0) is 4.79 Å². The zero-order chi connectivity index (χ0) is 15.7. The smallest absolute Gasteiger partial charge is 0.307 e. The third kappa shape index (κ3) is 3.11. The van der Waals surface area contributed by atoms with Crippen molar-refractivity contribution >= 4 is 17.0 Å². The number of likely N-dealkylation sites (tertiary alicyclic amines) is 1. The first-order valence-corrected chi connectivity index (χ1v) is 7.63. The number of aromatic nitrogens is 2. The number of rotatable bonds is 4. The Kier molecular flexibility index (Phi) is 4.11. The quantitative estimate of drug-likeness (QED) is 0.911. The molecule has 1 saturated heterocycles. The van der Waals surface area contributed by atoms with E-state index in [9.17, 15) is 9.18 Å². The van der Waals surface area contributed by atoms with Crippen LogP contribution in [0.3, 0.4) is 0 Å². The molecule has 2 heterocycles. The number of carboxylic acids is 1. The maximum Gasteiger partial charge on any atom is 0.307 e. The highest BCUT2D eigenvalue weighted by Gasteiger charge is 2.25. The Morgan fingerprint density at radius 1 is 1.50 bits per heavy atom. The molecule has 0 saturated carbocycles. The molecule has 0 spiro atoms. The summed E-state index contributed by atoms with van der Waals surface area (Å²) in [6.07, 6.45) is 1.88. The van der Waals surface area contributed by atoms with Gasteiger partial charge in [-0.15, -0.1) is 0 Å². The van der Waals surface area contributed by atoms with E-state index in [0.29, 0.717) is 12.5 Å². The van der Waals surface area contributed by atoms with Gasteiger partial charge in [0.05, 0.1) is 17.0 Å². The van der Waals surface area contributed by atoms with Gasteiger partial charge < -0.3 is 15.0 Å². The molecule has 0 radical (unpaired) electrons. The highest BCUT2D eigenvalue weighted by atomic mass is 19.1. The van der Waals surface area contributed by atoms with Gasteiger partial charge in [0, 0.05) is 12.5 Å². The summed E-state index contributed by atoms with van der Waals surface area (Å²) in [4.78, 5) is 20.9.